The number of benzene rings is 10. The van der Waals surface area contributed by atoms with Gasteiger partial charge < -0.3 is 4.90 Å². The van der Waals surface area contributed by atoms with Crippen molar-refractivity contribution in [3.8, 4) is 55.6 Å². The first-order valence-electron chi connectivity index (χ1n) is 25.5. The van der Waals surface area contributed by atoms with Gasteiger partial charge in [0.05, 0.1) is 11.1 Å². The van der Waals surface area contributed by atoms with Gasteiger partial charge in [-0.25, -0.2) is 0 Å². The molecule has 10 aromatic carbocycles. The maximum absolute atomic E-state index is 2.54. The molecule has 0 radical (unpaired) electrons. The van der Waals surface area contributed by atoms with Crippen molar-refractivity contribution in [2.24, 2.45) is 0 Å². The van der Waals surface area contributed by atoms with E-state index in [1.807, 2.05) is 0 Å². The highest BCUT2D eigenvalue weighted by molar-refractivity contribution is 6.00. The number of hydrogen-bond acceptors (Lipinski definition) is 1. The topological polar surface area (TPSA) is 3.24 Å². The van der Waals surface area contributed by atoms with Crippen LogP contribution in [-0.4, -0.2) is 0 Å². The molecule has 0 fully saturated rings. The van der Waals surface area contributed by atoms with Crippen LogP contribution >= 0.6 is 0 Å². The van der Waals surface area contributed by atoms with E-state index in [4.69, 9.17) is 0 Å². The molecule has 13 rings (SSSR count). The minimum Gasteiger partial charge on any atom is -0.310 e. The van der Waals surface area contributed by atoms with E-state index in [1.165, 1.54) is 111 Å². The van der Waals surface area contributed by atoms with Crippen molar-refractivity contribution in [3.63, 3.8) is 0 Å². The van der Waals surface area contributed by atoms with Gasteiger partial charge in [0.25, 0.3) is 0 Å². The lowest BCUT2D eigenvalue weighted by atomic mass is 9.68. The van der Waals surface area contributed by atoms with Gasteiger partial charge in [0, 0.05) is 22.4 Å². The molecule has 3 aliphatic rings. The molecular formula is C70H59N. The first kappa shape index (κ1) is 43.3. The van der Waals surface area contributed by atoms with Crippen LogP contribution in [0.2, 0.25) is 0 Å². The van der Waals surface area contributed by atoms with Crippen LogP contribution in [0.1, 0.15) is 99.9 Å². The molecule has 0 saturated heterocycles. The Labute approximate surface area is 420 Å². The quantitative estimate of drug-likeness (QED) is 0.166. The summed E-state index contributed by atoms with van der Waals surface area (Å²) in [6.07, 6.45) is 0. The number of anilines is 3. The fourth-order valence-corrected chi connectivity index (χ4v) is 12.7. The van der Waals surface area contributed by atoms with Gasteiger partial charge in [-0.2, -0.15) is 0 Å². The Hall–Kier alpha value is -7.74. The van der Waals surface area contributed by atoms with E-state index in [1.54, 1.807) is 0 Å². The van der Waals surface area contributed by atoms with Crippen LogP contribution in [0.4, 0.5) is 17.1 Å². The zero-order valence-corrected chi connectivity index (χ0v) is 42.2. The monoisotopic (exact) mass is 913 g/mol. The highest BCUT2D eigenvalue weighted by Gasteiger charge is 2.52. The fraction of sp³-hybridized carbons (Fsp3) is 0.171. The maximum Gasteiger partial charge on any atom is 0.0725 e. The van der Waals surface area contributed by atoms with Gasteiger partial charge in [0.1, 0.15) is 0 Å². The molecular weight excluding hydrogens is 855 g/mol. The average molecular weight is 914 g/mol. The standard InChI is InChI=1S/C70H59N/c1-67(2,3)48-32-37-53-54-38-33-49(68(4,5)6)43-64(54)70(63(53)42-48)60-25-15-11-20-52(60)58-41-47(31-39-61(58)70)45-28-34-50(35-29-45)71(51-36-30-44-18-9-10-19-46(44)40-51)65-27-16-13-21-55(65)56-23-17-26-62-66(56)57-22-12-14-24-59(57)69(62,7)8/h9-43H,1-8H3. The molecule has 0 saturated carbocycles. The number of rotatable bonds is 5. The lowest BCUT2D eigenvalue weighted by molar-refractivity contribution is 0.586. The van der Waals surface area contributed by atoms with Crippen molar-refractivity contribution in [2.45, 2.75) is 77.0 Å². The van der Waals surface area contributed by atoms with Gasteiger partial charge in [-0.1, -0.05) is 231 Å². The number of nitrogens with zero attached hydrogens (tertiary/aromatic N) is 1. The fourth-order valence-electron chi connectivity index (χ4n) is 12.7. The van der Waals surface area contributed by atoms with Crippen molar-refractivity contribution >= 4 is 27.8 Å². The number of hydrogen-bond donors (Lipinski definition) is 0. The molecule has 0 unspecified atom stereocenters. The second kappa shape index (κ2) is 15.4. The smallest absolute Gasteiger partial charge is 0.0725 e. The third-order valence-corrected chi connectivity index (χ3v) is 16.4. The van der Waals surface area contributed by atoms with Crippen molar-refractivity contribution in [2.75, 3.05) is 4.90 Å². The summed E-state index contributed by atoms with van der Waals surface area (Å²) < 4.78 is 0. The van der Waals surface area contributed by atoms with Gasteiger partial charge in [0.15, 0.2) is 0 Å². The van der Waals surface area contributed by atoms with Crippen LogP contribution in [0.5, 0.6) is 0 Å². The maximum atomic E-state index is 2.54. The zero-order valence-electron chi connectivity index (χ0n) is 42.2. The predicted molar refractivity (Wildman–Crippen MR) is 301 cm³/mol. The van der Waals surface area contributed by atoms with E-state index in [2.05, 4.69) is 273 Å². The van der Waals surface area contributed by atoms with E-state index in [0.29, 0.717) is 0 Å². The minimum absolute atomic E-state index is 0.00941. The van der Waals surface area contributed by atoms with Crippen molar-refractivity contribution in [1.29, 1.82) is 0 Å². The lowest BCUT2D eigenvalue weighted by Gasteiger charge is -2.32. The summed E-state index contributed by atoms with van der Waals surface area (Å²) >= 11 is 0. The molecule has 1 spiro atoms. The molecule has 1 nitrogen and oxygen atoms in total. The van der Waals surface area contributed by atoms with Crippen molar-refractivity contribution in [1.82, 2.24) is 0 Å². The summed E-state index contributed by atoms with van der Waals surface area (Å²) in [5.41, 5.74) is 26.8. The van der Waals surface area contributed by atoms with E-state index in [-0.39, 0.29) is 16.2 Å². The highest BCUT2D eigenvalue weighted by atomic mass is 15.1. The largest absolute Gasteiger partial charge is 0.310 e. The molecule has 0 amide bonds. The Kier molecular flexibility index (Phi) is 9.38. The van der Waals surface area contributed by atoms with Crippen LogP contribution < -0.4 is 4.90 Å². The van der Waals surface area contributed by atoms with Crippen molar-refractivity contribution in [3.05, 3.63) is 257 Å². The Balaban J connectivity index is 0.965. The SMILES string of the molecule is CC(C)(C)c1ccc2c(c1)C1(c3ccccc3-c3cc(-c4ccc(N(c5ccc6ccccc6c5)c5ccccc5-c5cccc6c5-c5ccccc5C6(C)C)cc4)ccc31)c1cc(C(C)(C)C)ccc1-2. The van der Waals surface area contributed by atoms with Gasteiger partial charge in [-0.05, 0) is 153 Å². The molecule has 1 heteroatoms. The third-order valence-electron chi connectivity index (χ3n) is 16.4. The molecule has 0 heterocycles. The normalized spacial score (nSPS) is 14.4. The molecule has 0 aromatic heterocycles. The molecule has 0 aliphatic heterocycles. The summed E-state index contributed by atoms with van der Waals surface area (Å²) in [4.78, 5) is 2.46. The second-order valence-electron chi connectivity index (χ2n) is 22.9. The Morgan fingerprint density at radius 3 is 1.54 bits per heavy atom. The number of para-hydroxylation sites is 1. The van der Waals surface area contributed by atoms with Crippen LogP contribution in [0.25, 0.3) is 66.4 Å². The molecule has 10 aromatic rings. The molecule has 71 heavy (non-hydrogen) atoms. The summed E-state index contributed by atoms with van der Waals surface area (Å²) in [7, 11) is 0. The van der Waals surface area contributed by atoms with E-state index in [0.717, 1.165) is 17.1 Å². The highest BCUT2D eigenvalue weighted by Crippen LogP contribution is 2.64. The Bertz CT molecular complexity index is 3750. The zero-order chi connectivity index (χ0) is 48.6. The molecule has 0 bridgehead atoms. The summed E-state index contributed by atoms with van der Waals surface area (Å²) in [6.45, 7) is 18.8. The minimum atomic E-state index is -0.425. The summed E-state index contributed by atoms with van der Waals surface area (Å²) in [5, 5.41) is 2.45. The van der Waals surface area contributed by atoms with Crippen LogP contribution in [0, 0.1) is 0 Å². The van der Waals surface area contributed by atoms with E-state index >= 15 is 0 Å². The lowest BCUT2D eigenvalue weighted by Crippen LogP contribution is -2.27. The van der Waals surface area contributed by atoms with Gasteiger partial charge in [-0.15, -0.1) is 0 Å². The first-order valence-corrected chi connectivity index (χ1v) is 25.5. The average Bonchev–Trinajstić information content (AvgIpc) is 3.94. The first-order chi connectivity index (χ1) is 34.2. The molecule has 0 N–H and O–H groups in total. The predicted octanol–water partition coefficient (Wildman–Crippen LogP) is 18.9. The molecule has 344 valence electrons. The second-order valence-corrected chi connectivity index (χ2v) is 22.9. The molecule has 0 atom stereocenters. The third kappa shape index (κ3) is 6.38. The Morgan fingerprint density at radius 1 is 0.324 bits per heavy atom. The van der Waals surface area contributed by atoms with Crippen LogP contribution in [-0.2, 0) is 21.7 Å². The van der Waals surface area contributed by atoms with Crippen molar-refractivity contribution < 1.29 is 0 Å². The van der Waals surface area contributed by atoms with Crippen LogP contribution in [0.15, 0.2) is 212 Å². The van der Waals surface area contributed by atoms with Gasteiger partial charge in [-0.3, -0.25) is 0 Å². The van der Waals surface area contributed by atoms with Gasteiger partial charge >= 0.3 is 0 Å². The Morgan fingerprint density at radius 2 is 0.845 bits per heavy atom. The van der Waals surface area contributed by atoms with Gasteiger partial charge in [0.2, 0.25) is 0 Å². The summed E-state index contributed by atoms with van der Waals surface area (Å²) in [6, 6.07) is 80.9. The summed E-state index contributed by atoms with van der Waals surface area (Å²) in [5.74, 6) is 0. The molecule has 3 aliphatic carbocycles. The van der Waals surface area contributed by atoms with Crippen LogP contribution in [0.3, 0.4) is 0 Å². The van der Waals surface area contributed by atoms with E-state index < -0.39 is 5.41 Å². The number of fused-ring (bicyclic) bond motifs is 14. The van der Waals surface area contributed by atoms with E-state index in [9.17, 15) is 0 Å².